The van der Waals surface area contributed by atoms with Crippen LogP contribution in [0.2, 0.25) is 0 Å². The SMILES string of the molecule is CC(C)(C)c1noc(CCC(=O)NCC2(O)CCCCCC2)n1. The van der Waals surface area contributed by atoms with Gasteiger partial charge in [0.1, 0.15) is 0 Å². The molecule has 1 amide bonds. The zero-order valence-electron chi connectivity index (χ0n) is 14.5. The van der Waals surface area contributed by atoms with E-state index in [1.54, 1.807) is 0 Å². The summed E-state index contributed by atoms with van der Waals surface area (Å²) < 4.78 is 5.18. The Balaban J connectivity index is 1.75. The van der Waals surface area contributed by atoms with E-state index >= 15 is 0 Å². The number of nitrogens with one attached hydrogen (secondary N) is 1. The van der Waals surface area contributed by atoms with Crippen molar-refractivity contribution in [2.45, 2.75) is 83.2 Å². The maximum atomic E-state index is 12.0. The van der Waals surface area contributed by atoms with Crippen LogP contribution < -0.4 is 5.32 Å². The van der Waals surface area contributed by atoms with Gasteiger partial charge in [-0.05, 0) is 12.8 Å². The molecule has 6 heteroatoms. The van der Waals surface area contributed by atoms with E-state index in [0.717, 1.165) is 25.7 Å². The molecule has 0 radical (unpaired) electrons. The number of aryl methyl sites for hydroxylation is 1. The fraction of sp³-hybridized carbons (Fsp3) is 0.824. The molecule has 0 unspecified atom stereocenters. The number of rotatable bonds is 5. The van der Waals surface area contributed by atoms with Crippen LogP contribution in [0, 0.1) is 0 Å². The van der Waals surface area contributed by atoms with Gasteiger partial charge in [-0.2, -0.15) is 4.98 Å². The van der Waals surface area contributed by atoms with E-state index in [-0.39, 0.29) is 11.3 Å². The molecule has 1 aliphatic rings. The van der Waals surface area contributed by atoms with Crippen LogP contribution in [0.4, 0.5) is 0 Å². The number of carbonyl (C=O) groups excluding carboxylic acids is 1. The number of hydrogen-bond donors (Lipinski definition) is 2. The Bertz CT molecular complexity index is 511. The topological polar surface area (TPSA) is 88.2 Å². The molecule has 6 nitrogen and oxygen atoms in total. The number of amides is 1. The second kappa shape index (κ2) is 7.43. The predicted molar refractivity (Wildman–Crippen MR) is 87.0 cm³/mol. The van der Waals surface area contributed by atoms with Gasteiger partial charge in [-0.3, -0.25) is 4.79 Å². The summed E-state index contributed by atoms with van der Waals surface area (Å²) >= 11 is 0. The zero-order chi connectivity index (χ0) is 16.9. The monoisotopic (exact) mass is 323 g/mol. The zero-order valence-corrected chi connectivity index (χ0v) is 14.5. The first-order valence-electron chi connectivity index (χ1n) is 8.61. The minimum atomic E-state index is -0.740. The van der Waals surface area contributed by atoms with Gasteiger partial charge in [0.05, 0.1) is 5.60 Å². The minimum absolute atomic E-state index is 0.0850. The fourth-order valence-corrected chi connectivity index (χ4v) is 2.80. The van der Waals surface area contributed by atoms with Gasteiger partial charge in [0.15, 0.2) is 5.82 Å². The fourth-order valence-electron chi connectivity index (χ4n) is 2.80. The summed E-state index contributed by atoms with van der Waals surface area (Å²) in [5.74, 6) is 1.05. The number of aromatic nitrogens is 2. The van der Waals surface area contributed by atoms with Crippen molar-refractivity contribution in [3.8, 4) is 0 Å². The highest BCUT2D eigenvalue weighted by Crippen LogP contribution is 2.26. The average molecular weight is 323 g/mol. The third-order valence-corrected chi connectivity index (χ3v) is 4.35. The van der Waals surface area contributed by atoms with Crippen molar-refractivity contribution in [1.82, 2.24) is 15.5 Å². The van der Waals surface area contributed by atoms with Gasteiger partial charge >= 0.3 is 0 Å². The quantitative estimate of drug-likeness (QED) is 0.813. The third kappa shape index (κ3) is 5.61. The molecule has 1 aromatic rings. The molecule has 0 aromatic carbocycles. The smallest absolute Gasteiger partial charge is 0.227 e. The van der Waals surface area contributed by atoms with Gasteiger partial charge in [0, 0.05) is 24.8 Å². The van der Waals surface area contributed by atoms with Crippen LogP contribution in [-0.4, -0.2) is 33.3 Å². The predicted octanol–water partition coefficient (Wildman–Crippen LogP) is 2.50. The van der Waals surface area contributed by atoms with Crippen LogP contribution in [0.1, 0.15) is 77.4 Å². The van der Waals surface area contributed by atoms with Crippen LogP contribution in [0.15, 0.2) is 4.52 Å². The summed E-state index contributed by atoms with van der Waals surface area (Å²) in [7, 11) is 0. The molecule has 0 atom stereocenters. The van der Waals surface area contributed by atoms with Gasteiger partial charge in [0.25, 0.3) is 0 Å². The molecular formula is C17H29N3O3. The van der Waals surface area contributed by atoms with Crippen molar-refractivity contribution in [1.29, 1.82) is 0 Å². The molecule has 0 saturated heterocycles. The van der Waals surface area contributed by atoms with Gasteiger partial charge in [-0.1, -0.05) is 51.6 Å². The Kier molecular flexibility index (Phi) is 5.79. The third-order valence-electron chi connectivity index (χ3n) is 4.35. The lowest BCUT2D eigenvalue weighted by atomic mass is 9.94. The van der Waals surface area contributed by atoms with Crippen molar-refractivity contribution in [2.24, 2.45) is 0 Å². The van der Waals surface area contributed by atoms with E-state index < -0.39 is 5.60 Å². The normalized spacial score (nSPS) is 18.4. The number of aliphatic hydroxyl groups is 1. The lowest BCUT2D eigenvalue weighted by Gasteiger charge is -2.26. The maximum absolute atomic E-state index is 12.0. The summed E-state index contributed by atoms with van der Waals surface area (Å²) in [4.78, 5) is 16.3. The largest absolute Gasteiger partial charge is 0.388 e. The summed E-state index contributed by atoms with van der Waals surface area (Å²) in [5, 5.41) is 17.3. The second-order valence-electron chi connectivity index (χ2n) is 7.68. The first kappa shape index (κ1) is 17.9. The van der Waals surface area contributed by atoms with E-state index in [2.05, 4.69) is 15.5 Å². The highest BCUT2D eigenvalue weighted by Gasteiger charge is 2.28. The Labute approximate surface area is 138 Å². The Morgan fingerprint density at radius 1 is 1.26 bits per heavy atom. The Hall–Kier alpha value is -1.43. The molecule has 2 rings (SSSR count). The minimum Gasteiger partial charge on any atom is -0.388 e. The van der Waals surface area contributed by atoms with Gasteiger partial charge < -0.3 is 14.9 Å². The maximum Gasteiger partial charge on any atom is 0.227 e. The number of carbonyl (C=O) groups is 1. The molecule has 1 aliphatic carbocycles. The molecule has 1 heterocycles. The summed E-state index contributed by atoms with van der Waals surface area (Å²) in [6, 6.07) is 0. The molecule has 0 aliphatic heterocycles. The lowest BCUT2D eigenvalue weighted by molar-refractivity contribution is -0.122. The first-order valence-corrected chi connectivity index (χ1v) is 8.61. The average Bonchev–Trinajstić information content (AvgIpc) is 2.86. The summed E-state index contributed by atoms with van der Waals surface area (Å²) in [5.41, 5.74) is -0.900. The number of hydrogen-bond acceptors (Lipinski definition) is 5. The Morgan fingerprint density at radius 3 is 2.48 bits per heavy atom. The standard InChI is InChI=1S/C17H29N3O3/c1-16(2,3)15-19-14(23-20-15)9-8-13(21)18-12-17(22)10-6-4-5-7-11-17/h22H,4-12H2,1-3H3,(H,18,21). The summed E-state index contributed by atoms with van der Waals surface area (Å²) in [6.07, 6.45) is 6.66. The molecule has 130 valence electrons. The van der Waals surface area contributed by atoms with Crippen molar-refractivity contribution in [2.75, 3.05) is 6.54 Å². The van der Waals surface area contributed by atoms with E-state index in [9.17, 15) is 9.90 Å². The van der Waals surface area contributed by atoms with E-state index in [0.29, 0.717) is 31.1 Å². The molecule has 23 heavy (non-hydrogen) atoms. The second-order valence-corrected chi connectivity index (χ2v) is 7.68. The molecule has 1 aromatic heterocycles. The molecule has 1 fully saturated rings. The van der Waals surface area contributed by atoms with Crippen molar-refractivity contribution < 1.29 is 14.4 Å². The highest BCUT2D eigenvalue weighted by atomic mass is 16.5. The molecule has 0 spiro atoms. The van der Waals surface area contributed by atoms with E-state index in [1.165, 1.54) is 12.8 Å². The molecule has 1 saturated carbocycles. The van der Waals surface area contributed by atoms with Gasteiger partial charge in [-0.15, -0.1) is 0 Å². The van der Waals surface area contributed by atoms with E-state index in [4.69, 9.17) is 4.52 Å². The molecule has 2 N–H and O–H groups in total. The van der Waals surface area contributed by atoms with E-state index in [1.807, 2.05) is 20.8 Å². The van der Waals surface area contributed by atoms with Crippen LogP contribution in [0.25, 0.3) is 0 Å². The van der Waals surface area contributed by atoms with Gasteiger partial charge in [0.2, 0.25) is 11.8 Å². The Morgan fingerprint density at radius 2 is 1.91 bits per heavy atom. The summed E-state index contributed by atoms with van der Waals surface area (Å²) in [6.45, 7) is 6.38. The van der Waals surface area contributed by atoms with Crippen molar-refractivity contribution in [3.63, 3.8) is 0 Å². The molecule has 0 bridgehead atoms. The number of nitrogens with zero attached hydrogens (tertiary/aromatic N) is 2. The van der Waals surface area contributed by atoms with Crippen molar-refractivity contribution in [3.05, 3.63) is 11.7 Å². The first-order chi connectivity index (χ1) is 10.8. The van der Waals surface area contributed by atoms with Crippen LogP contribution >= 0.6 is 0 Å². The molecular weight excluding hydrogens is 294 g/mol. The van der Waals surface area contributed by atoms with Crippen LogP contribution in [-0.2, 0) is 16.6 Å². The lowest BCUT2D eigenvalue weighted by Crippen LogP contribution is -2.42. The van der Waals surface area contributed by atoms with Crippen molar-refractivity contribution >= 4 is 5.91 Å². The highest BCUT2D eigenvalue weighted by molar-refractivity contribution is 5.76. The van der Waals surface area contributed by atoms with Crippen LogP contribution in [0.5, 0.6) is 0 Å². The van der Waals surface area contributed by atoms with Crippen LogP contribution in [0.3, 0.4) is 0 Å². The van der Waals surface area contributed by atoms with Gasteiger partial charge in [-0.25, -0.2) is 0 Å².